The molecule has 1 aromatic carbocycles. The average Bonchev–Trinajstić information content (AvgIpc) is 2.68. The van der Waals surface area contributed by atoms with E-state index in [-0.39, 0.29) is 19.2 Å². The molecule has 0 aliphatic carbocycles. The highest BCUT2D eigenvalue weighted by Crippen LogP contribution is 2.14. The van der Waals surface area contributed by atoms with Crippen LogP contribution in [0.15, 0.2) is 39.9 Å². The Kier molecular flexibility index (Phi) is 6.05. The molecular weight excluding hydrogens is 384 g/mol. The standard InChI is InChI=1S/C22H26N4O4/c1-13(2)30-17-8-6-16(7-9-17)11-23-18(27)12-26-21(28)19-14(3)10-15(4)24-20(19)25(5)22(26)29/h6-10,13H,11-12H2,1-5H3,(H,23,27). The summed E-state index contributed by atoms with van der Waals surface area (Å²) in [5.41, 5.74) is 1.56. The van der Waals surface area contributed by atoms with E-state index in [0.717, 1.165) is 27.1 Å². The molecule has 0 saturated carbocycles. The molecule has 8 heteroatoms. The Hall–Kier alpha value is -3.42. The van der Waals surface area contributed by atoms with Crippen molar-refractivity contribution in [1.82, 2.24) is 19.4 Å². The summed E-state index contributed by atoms with van der Waals surface area (Å²) >= 11 is 0. The van der Waals surface area contributed by atoms with Gasteiger partial charge in [-0.1, -0.05) is 12.1 Å². The molecule has 0 fully saturated rings. The summed E-state index contributed by atoms with van der Waals surface area (Å²) in [6.07, 6.45) is 0.0844. The molecule has 2 aromatic heterocycles. The zero-order valence-corrected chi connectivity index (χ0v) is 17.9. The minimum absolute atomic E-state index is 0.0844. The number of rotatable bonds is 6. The Labute approximate surface area is 174 Å². The Balaban J connectivity index is 1.78. The van der Waals surface area contributed by atoms with Gasteiger partial charge < -0.3 is 10.1 Å². The first-order valence-corrected chi connectivity index (χ1v) is 9.77. The highest BCUT2D eigenvalue weighted by atomic mass is 16.5. The highest BCUT2D eigenvalue weighted by Gasteiger charge is 2.16. The second-order valence-corrected chi connectivity index (χ2v) is 7.60. The quantitative estimate of drug-likeness (QED) is 0.669. The number of nitrogens with one attached hydrogen (secondary N) is 1. The first-order chi connectivity index (χ1) is 14.2. The number of carbonyl (C=O) groups is 1. The number of fused-ring (bicyclic) bond motifs is 1. The number of ether oxygens (including phenoxy) is 1. The second kappa shape index (κ2) is 8.52. The molecule has 1 amide bonds. The third-order valence-corrected chi connectivity index (χ3v) is 4.71. The van der Waals surface area contributed by atoms with Crippen molar-refractivity contribution < 1.29 is 9.53 Å². The van der Waals surface area contributed by atoms with E-state index in [1.54, 1.807) is 27.0 Å². The molecular formula is C22H26N4O4. The van der Waals surface area contributed by atoms with Crippen LogP contribution >= 0.6 is 0 Å². The molecule has 0 bridgehead atoms. The lowest BCUT2D eigenvalue weighted by molar-refractivity contribution is -0.121. The van der Waals surface area contributed by atoms with Gasteiger partial charge in [0.15, 0.2) is 0 Å². The van der Waals surface area contributed by atoms with Gasteiger partial charge in [-0.25, -0.2) is 9.78 Å². The van der Waals surface area contributed by atoms with Gasteiger partial charge in [-0.2, -0.15) is 0 Å². The Bertz CT molecular complexity index is 1210. The number of amides is 1. The molecule has 3 aromatic rings. The smallest absolute Gasteiger partial charge is 0.332 e. The van der Waals surface area contributed by atoms with Crippen LogP contribution in [0.5, 0.6) is 5.75 Å². The topological polar surface area (TPSA) is 95.2 Å². The molecule has 0 aliphatic rings. The van der Waals surface area contributed by atoms with Gasteiger partial charge in [-0.3, -0.25) is 18.7 Å². The summed E-state index contributed by atoms with van der Waals surface area (Å²) in [5, 5.41) is 3.09. The van der Waals surface area contributed by atoms with Crippen molar-refractivity contribution >= 4 is 16.9 Å². The van der Waals surface area contributed by atoms with Crippen LogP contribution in [-0.4, -0.2) is 26.1 Å². The zero-order chi connectivity index (χ0) is 22.0. The van der Waals surface area contributed by atoms with Crippen molar-refractivity contribution in [2.24, 2.45) is 7.05 Å². The molecule has 158 valence electrons. The number of aromatic nitrogens is 3. The minimum Gasteiger partial charge on any atom is -0.491 e. The number of pyridine rings is 1. The highest BCUT2D eigenvalue weighted by molar-refractivity contribution is 5.79. The Morgan fingerprint density at radius 2 is 1.83 bits per heavy atom. The maximum atomic E-state index is 12.9. The molecule has 0 spiro atoms. The van der Waals surface area contributed by atoms with Crippen molar-refractivity contribution in [2.45, 2.75) is 46.9 Å². The van der Waals surface area contributed by atoms with E-state index >= 15 is 0 Å². The summed E-state index contributed by atoms with van der Waals surface area (Å²) in [4.78, 5) is 42.3. The van der Waals surface area contributed by atoms with Crippen molar-refractivity contribution in [2.75, 3.05) is 0 Å². The summed E-state index contributed by atoms with van der Waals surface area (Å²) in [6, 6.07) is 9.17. The van der Waals surface area contributed by atoms with Gasteiger partial charge in [-0.05, 0) is 57.0 Å². The molecule has 0 unspecified atom stereocenters. The lowest BCUT2D eigenvalue weighted by Gasteiger charge is -2.13. The van der Waals surface area contributed by atoms with Crippen LogP contribution < -0.4 is 21.3 Å². The van der Waals surface area contributed by atoms with Gasteiger partial charge in [0.2, 0.25) is 5.91 Å². The van der Waals surface area contributed by atoms with Gasteiger partial charge in [0, 0.05) is 19.3 Å². The average molecular weight is 410 g/mol. The Morgan fingerprint density at radius 1 is 1.17 bits per heavy atom. The lowest BCUT2D eigenvalue weighted by atomic mass is 10.2. The van der Waals surface area contributed by atoms with E-state index in [1.807, 2.05) is 38.1 Å². The minimum atomic E-state index is -0.574. The molecule has 3 rings (SSSR count). The lowest BCUT2D eigenvalue weighted by Crippen LogP contribution is -2.43. The van der Waals surface area contributed by atoms with Crippen molar-refractivity contribution in [3.63, 3.8) is 0 Å². The van der Waals surface area contributed by atoms with Gasteiger partial charge in [0.25, 0.3) is 5.56 Å². The van der Waals surface area contributed by atoms with Crippen LogP contribution in [0.3, 0.4) is 0 Å². The van der Waals surface area contributed by atoms with E-state index in [9.17, 15) is 14.4 Å². The molecule has 2 heterocycles. The number of carbonyl (C=O) groups excluding carboxylic acids is 1. The fraction of sp³-hybridized carbons (Fsp3) is 0.364. The summed E-state index contributed by atoms with van der Waals surface area (Å²) in [7, 11) is 1.55. The molecule has 0 atom stereocenters. The predicted molar refractivity (Wildman–Crippen MR) is 115 cm³/mol. The van der Waals surface area contributed by atoms with Crippen molar-refractivity contribution in [3.05, 3.63) is 68.0 Å². The number of benzene rings is 1. The van der Waals surface area contributed by atoms with Gasteiger partial charge >= 0.3 is 5.69 Å². The normalized spacial score (nSPS) is 11.1. The van der Waals surface area contributed by atoms with E-state index in [1.165, 1.54) is 4.57 Å². The summed E-state index contributed by atoms with van der Waals surface area (Å²) < 4.78 is 7.84. The summed E-state index contributed by atoms with van der Waals surface area (Å²) in [6.45, 7) is 7.42. The third kappa shape index (κ3) is 4.42. The first-order valence-electron chi connectivity index (χ1n) is 9.77. The largest absolute Gasteiger partial charge is 0.491 e. The van der Waals surface area contributed by atoms with E-state index < -0.39 is 17.2 Å². The van der Waals surface area contributed by atoms with Crippen LogP contribution in [0.2, 0.25) is 0 Å². The first kappa shape index (κ1) is 21.3. The van der Waals surface area contributed by atoms with Crippen LogP contribution in [0, 0.1) is 13.8 Å². The SMILES string of the molecule is Cc1cc(C)c2c(=O)n(CC(=O)NCc3ccc(OC(C)C)cc3)c(=O)n(C)c2n1. The van der Waals surface area contributed by atoms with Gasteiger partial charge in [0.05, 0.1) is 11.5 Å². The summed E-state index contributed by atoms with van der Waals surface area (Å²) in [5.74, 6) is 0.333. The molecule has 0 aliphatic heterocycles. The molecule has 1 N–H and O–H groups in total. The van der Waals surface area contributed by atoms with Crippen LogP contribution in [0.4, 0.5) is 0 Å². The number of aryl methyl sites for hydroxylation is 3. The molecule has 0 saturated heterocycles. The fourth-order valence-electron chi connectivity index (χ4n) is 3.32. The van der Waals surface area contributed by atoms with Crippen LogP contribution in [0.25, 0.3) is 11.0 Å². The van der Waals surface area contributed by atoms with E-state index in [4.69, 9.17) is 4.74 Å². The van der Waals surface area contributed by atoms with Crippen LogP contribution in [-0.2, 0) is 24.9 Å². The third-order valence-electron chi connectivity index (χ3n) is 4.71. The monoisotopic (exact) mass is 410 g/mol. The number of hydrogen-bond acceptors (Lipinski definition) is 5. The van der Waals surface area contributed by atoms with E-state index in [0.29, 0.717) is 11.0 Å². The Morgan fingerprint density at radius 3 is 2.47 bits per heavy atom. The van der Waals surface area contributed by atoms with E-state index in [2.05, 4.69) is 10.3 Å². The fourth-order valence-corrected chi connectivity index (χ4v) is 3.32. The van der Waals surface area contributed by atoms with Gasteiger partial charge in [0.1, 0.15) is 17.9 Å². The predicted octanol–water partition coefficient (Wildman–Crippen LogP) is 1.82. The van der Waals surface area contributed by atoms with Crippen molar-refractivity contribution in [3.8, 4) is 5.75 Å². The van der Waals surface area contributed by atoms with Gasteiger partial charge in [-0.15, -0.1) is 0 Å². The second-order valence-electron chi connectivity index (χ2n) is 7.60. The zero-order valence-electron chi connectivity index (χ0n) is 17.9. The molecule has 30 heavy (non-hydrogen) atoms. The molecule has 8 nitrogen and oxygen atoms in total. The maximum absolute atomic E-state index is 12.9. The molecule has 0 radical (unpaired) electrons. The maximum Gasteiger partial charge on any atom is 0.332 e. The van der Waals surface area contributed by atoms with Crippen molar-refractivity contribution in [1.29, 1.82) is 0 Å². The number of nitrogens with zero attached hydrogens (tertiary/aromatic N) is 3. The van der Waals surface area contributed by atoms with Crippen LogP contribution in [0.1, 0.15) is 30.7 Å². The number of hydrogen-bond donors (Lipinski definition) is 1.